The number of carbonyl (C=O) groups excluding carboxylic acids is 2. The van der Waals surface area contributed by atoms with Gasteiger partial charge in [0.2, 0.25) is 0 Å². The number of phenolic OH excluding ortho intramolecular Hbond substituents is 1. The maximum absolute atomic E-state index is 13.5. The molecule has 3 N–H and O–H groups in total. The van der Waals surface area contributed by atoms with E-state index in [-0.39, 0.29) is 17.2 Å². The van der Waals surface area contributed by atoms with E-state index in [1.54, 1.807) is 30.3 Å². The van der Waals surface area contributed by atoms with Crippen LogP contribution < -0.4 is 10.6 Å². The van der Waals surface area contributed by atoms with Crippen LogP contribution in [0.5, 0.6) is 5.75 Å². The molecule has 0 aliphatic heterocycles. The Balaban J connectivity index is 1.08. The van der Waals surface area contributed by atoms with Gasteiger partial charge in [0.15, 0.2) is 0 Å². The van der Waals surface area contributed by atoms with Crippen molar-refractivity contribution < 1.29 is 14.7 Å². The molecule has 6 aromatic carbocycles. The number of hydrogen-bond donors (Lipinski definition) is 3. The number of rotatable bonds is 6. The van der Waals surface area contributed by atoms with E-state index in [1.165, 1.54) is 0 Å². The third-order valence-corrected chi connectivity index (χ3v) is 9.15. The molecule has 8 aromatic rings. The summed E-state index contributed by atoms with van der Waals surface area (Å²) < 4.78 is 4.52. The molecular formula is C40H32N4O3. The lowest BCUT2D eigenvalue weighted by Gasteiger charge is -2.11. The van der Waals surface area contributed by atoms with Crippen LogP contribution in [-0.2, 0) is 13.1 Å². The van der Waals surface area contributed by atoms with Gasteiger partial charge in [-0.25, -0.2) is 0 Å². The lowest BCUT2D eigenvalue weighted by molar-refractivity contribution is 0.101. The number of aromatic hydroxyl groups is 1. The van der Waals surface area contributed by atoms with Crippen molar-refractivity contribution in [2.75, 3.05) is 10.6 Å². The minimum absolute atomic E-state index is 0.129. The summed E-state index contributed by atoms with van der Waals surface area (Å²) in [6, 6.07) is 36.8. The zero-order valence-corrected chi connectivity index (χ0v) is 26.0. The van der Waals surface area contributed by atoms with Crippen LogP contribution in [0.1, 0.15) is 34.6 Å². The number of nitrogens with one attached hydrogen (secondary N) is 2. The molecule has 0 radical (unpaired) electrons. The first-order valence-corrected chi connectivity index (χ1v) is 15.8. The van der Waals surface area contributed by atoms with Crippen LogP contribution in [0, 0.1) is 0 Å². The first-order valence-electron chi connectivity index (χ1n) is 15.8. The fourth-order valence-corrected chi connectivity index (χ4v) is 6.95. The van der Waals surface area contributed by atoms with Crippen LogP contribution in [0.2, 0.25) is 0 Å². The number of fused-ring (bicyclic) bond motifs is 7. The van der Waals surface area contributed by atoms with E-state index < -0.39 is 5.91 Å². The van der Waals surface area contributed by atoms with Crippen LogP contribution in [0.4, 0.5) is 11.4 Å². The smallest absolute Gasteiger partial charge is 0.259 e. The Bertz CT molecular complexity index is 2560. The Labute approximate surface area is 270 Å². The second kappa shape index (κ2) is 11.1. The summed E-state index contributed by atoms with van der Waals surface area (Å²) in [5.41, 5.74) is 6.43. The quantitative estimate of drug-likeness (QED) is 0.174. The highest BCUT2D eigenvalue weighted by Crippen LogP contribution is 2.33. The van der Waals surface area contributed by atoms with Gasteiger partial charge in [0, 0.05) is 73.6 Å². The van der Waals surface area contributed by atoms with Crippen molar-refractivity contribution in [2.45, 2.75) is 26.9 Å². The van der Waals surface area contributed by atoms with Crippen molar-refractivity contribution in [1.29, 1.82) is 0 Å². The van der Waals surface area contributed by atoms with Crippen molar-refractivity contribution in [3.63, 3.8) is 0 Å². The van der Waals surface area contributed by atoms with Gasteiger partial charge in [-0.05, 0) is 97.4 Å². The Kier molecular flexibility index (Phi) is 6.69. The number of para-hydroxylation sites is 2. The van der Waals surface area contributed by atoms with Crippen LogP contribution >= 0.6 is 0 Å². The molecule has 0 aliphatic rings. The van der Waals surface area contributed by atoms with E-state index in [4.69, 9.17) is 0 Å². The van der Waals surface area contributed by atoms with Crippen molar-refractivity contribution in [1.82, 2.24) is 9.13 Å². The summed E-state index contributed by atoms with van der Waals surface area (Å²) in [4.78, 5) is 26.9. The summed E-state index contributed by atoms with van der Waals surface area (Å²) in [6.07, 6.45) is 0. The summed E-state index contributed by atoms with van der Waals surface area (Å²) in [5, 5.41) is 22.6. The number of aromatic nitrogens is 2. The molecule has 2 aromatic heterocycles. The number of nitrogens with zero attached hydrogens (tertiary/aromatic N) is 2. The molecule has 0 unspecified atom stereocenters. The fraction of sp³-hybridized carbons (Fsp3) is 0.100. The summed E-state index contributed by atoms with van der Waals surface area (Å²) in [6.45, 7) is 5.93. The van der Waals surface area contributed by atoms with Gasteiger partial charge in [-0.1, -0.05) is 42.5 Å². The van der Waals surface area contributed by atoms with E-state index >= 15 is 0 Å². The number of carbonyl (C=O) groups is 2. The number of hydrogen-bond acceptors (Lipinski definition) is 3. The van der Waals surface area contributed by atoms with Gasteiger partial charge in [-0.15, -0.1) is 0 Å². The van der Waals surface area contributed by atoms with Crippen molar-refractivity contribution in [2.24, 2.45) is 0 Å². The fourth-order valence-electron chi connectivity index (χ4n) is 6.95. The van der Waals surface area contributed by atoms with E-state index in [0.717, 1.165) is 62.1 Å². The Morgan fingerprint density at radius 3 is 1.66 bits per heavy atom. The molecule has 0 aliphatic carbocycles. The number of phenols is 1. The molecule has 47 heavy (non-hydrogen) atoms. The lowest BCUT2D eigenvalue weighted by atomic mass is 10.0. The lowest BCUT2D eigenvalue weighted by Crippen LogP contribution is -2.13. The Hall–Kier alpha value is -6.08. The van der Waals surface area contributed by atoms with Crippen molar-refractivity contribution in [3.8, 4) is 5.75 Å². The summed E-state index contributed by atoms with van der Waals surface area (Å²) >= 11 is 0. The SMILES string of the molecule is CCn1c2ccccc2c2cc(NC(=O)c3ccc4cc(O)c(C(=O)Nc5ccc6c(c5)c5ccccc5n6CC)cc4c3)ccc21. The maximum atomic E-state index is 13.5. The predicted octanol–water partition coefficient (Wildman–Crippen LogP) is 9.31. The first-order chi connectivity index (χ1) is 22.9. The van der Waals surface area contributed by atoms with Crippen LogP contribution in [0.25, 0.3) is 54.4 Å². The summed E-state index contributed by atoms with van der Waals surface area (Å²) in [7, 11) is 0. The topological polar surface area (TPSA) is 88.3 Å². The molecule has 0 fully saturated rings. The van der Waals surface area contributed by atoms with Gasteiger partial charge in [-0.2, -0.15) is 0 Å². The van der Waals surface area contributed by atoms with E-state index in [0.29, 0.717) is 22.3 Å². The number of anilines is 2. The highest BCUT2D eigenvalue weighted by Gasteiger charge is 2.17. The maximum Gasteiger partial charge on any atom is 0.259 e. The monoisotopic (exact) mass is 616 g/mol. The molecule has 0 atom stereocenters. The van der Waals surface area contributed by atoms with Gasteiger partial charge in [0.05, 0.1) is 5.56 Å². The highest BCUT2D eigenvalue weighted by molar-refractivity contribution is 6.14. The number of amides is 2. The molecule has 0 spiro atoms. The molecule has 8 rings (SSSR count). The van der Waals surface area contributed by atoms with Crippen molar-refractivity contribution in [3.05, 3.63) is 126 Å². The van der Waals surface area contributed by atoms with E-state index in [9.17, 15) is 14.7 Å². The summed E-state index contributed by atoms with van der Waals surface area (Å²) in [5.74, 6) is -0.822. The molecule has 0 saturated heterocycles. The zero-order chi connectivity index (χ0) is 32.2. The second-order valence-electron chi connectivity index (χ2n) is 11.8. The molecule has 0 saturated carbocycles. The molecule has 7 heteroatoms. The molecule has 230 valence electrons. The van der Waals surface area contributed by atoms with Crippen LogP contribution in [-0.4, -0.2) is 26.1 Å². The zero-order valence-electron chi connectivity index (χ0n) is 26.0. The van der Waals surface area contributed by atoms with Gasteiger partial charge in [-0.3, -0.25) is 9.59 Å². The molecule has 2 heterocycles. The molecule has 2 amide bonds. The van der Waals surface area contributed by atoms with Gasteiger partial charge in [0.25, 0.3) is 11.8 Å². The number of aryl methyl sites for hydroxylation is 2. The Morgan fingerprint density at radius 2 is 1.09 bits per heavy atom. The average Bonchev–Trinajstić information content (AvgIpc) is 3.59. The molecular weight excluding hydrogens is 584 g/mol. The third kappa shape index (κ3) is 4.67. The predicted molar refractivity (Wildman–Crippen MR) is 192 cm³/mol. The first kappa shape index (κ1) is 28.4. The minimum Gasteiger partial charge on any atom is -0.507 e. The third-order valence-electron chi connectivity index (χ3n) is 9.15. The van der Waals surface area contributed by atoms with Gasteiger partial charge < -0.3 is 24.9 Å². The van der Waals surface area contributed by atoms with E-state index in [1.807, 2.05) is 60.7 Å². The minimum atomic E-state index is -0.433. The highest BCUT2D eigenvalue weighted by atomic mass is 16.3. The van der Waals surface area contributed by atoms with Crippen molar-refractivity contribution >= 4 is 77.6 Å². The van der Waals surface area contributed by atoms with Gasteiger partial charge >= 0.3 is 0 Å². The average molecular weight is 617 g/mol. The largest absolute Gasteiger partial charge is 0.507 e. The van der Waals surface area contributed by atoms with Crippen LogP contribution in [0.15, 0.2) is 115 Å². The van der Waals surface area contributed by atoms with Crippen LogP contribution in [0.3, 0.4) is 0 Å². The number of benzene rings is 6. The van der Waals surface area contributed by atoms with Gasteiger partial charge in [0.1, 0.15) is 5.75 Å². The second-order valence-corrected chi connectivity index (χ2v) is 11.8. The molecule has 0 bridgehead atoms. The standard InChI is InChI=1S/C40H32N4O3/c1-3-43-34-11-7-5-9-29(34)31-22-27(15-17-36(31)43)41-39(46)25-14-13-24-21-38(45)33(20-26(24)19-25)40(47)42-28-16-18-37-32(23-28)30-10-6-8-12-35(30)44(37)4-2/h5-23,45H,3-4H2,1-2H3,(H,41,46)(H,42,47). The van der Waals surface area contributed by atoms with E-state index in [2.05, 4.69) is 57.9 Å². The Morgan fingerprint density at radius 1 is 0.553 bits per heavy atom. The normalized spacial score (nSPS) is 11.6. The molecule has 7 nitrogen and oxygen atoms in total.